The van der Waals surface area contributed by atoms with Gasteiger partial charge in [-0.25, -0.2) is 0 Å². The van der Waals surface area contributed by atoms with Crippen LogP contribution in [0.4, 0.5) is 5.69 Å². The maximum absolute atomic E-state index is 11.3. The van der Waals surface area contributed by atoms with Crippen molar-refractivity contribution in [1.82, 2.24) is 10.2 Å². The van der Waals surface area contributed by atoms with Crippen LogP contribution in [0, 0.1) is 0 Å². The van der Waals surface area contributed by atoms with E-state index < -0.39 is 0 Å². The molecule has 1 aromatic rings. The maximum atomic E-state index is 11.3. The van der Waals surface area contributed by atoms with Gasteiger partial charge in [0.25, 0.3) is 0 Å². The summed E-state index contributed by atoms with van der Waals surface area (Å²) in [5.41, 5.74) is 1.49. The zero-order valence-electron chi connectivity index (χ0n) is 12.0. The summed E-state index contributed by atoms with van der Waals surface area (Å²) in [7, 11) is 2.08. The molecule has 0 aromatic heterocycles. The fourth-order valence-corrected chi connectivity index (χ4v) is 2.39. The van der Waals surface area contributed by atoms with Crippen LogP contribution in [0.5, 0.6) is 0 Å². The number of hydrogen-bond acceptors (Lipinski definition) is 4. The van der Waals surface area contributed by atoms with Gasteiger partial charge < -0.3 is 10.2 Å². The average molecular weight is 275 g/mol. The molecule has 0 radical (unpaired) electrons. The average Bonchev–Trinajstić information content (AvgIpc) is 2.46. The normalized spacial score (nSPS) is 19.6. The fourth-order valence-electron chi connectivity index (χ4n) is 2.39. The number of nitrogens with one attached hydrogen (secondary N) is 1. The summed E-state index contributed by atoms with van der Waals surface area (Å²) >= 11 is 0. The highest BCUT2D eigenvalue weighted by molar-refractivity contribution is 5.94. The number of rotatable bonds is 5. The number of likely N-dealkylation sites (N-methyl/N-ethyl adjacent to an activating group) is 1. The summed E-state index contributed by atoms with van der Waals surface area (Å²) in [4.78, 5) is 26.5. The zero-order valence-corrected chi connectivity index (χ0v) is 12.0. The van der Waals surface area contributed by atoms with Gasteiger partial charge in [-0.2, -0.15) is 0 Å². The molecule has 1 unspecified atom stereocenters. The van der Waals surface area contributed by atoms with E-state index in [4.69, 9.17) is 0 Å². The Morgan fingerprint density at radius 2 is 2.15 bits per heavy atom. The first-order valence-corrected chi connectivity index (χ1v) is 6.85. The van der Waals surface area contributed by atoms with Crippen LogP contribution < -0.4 is 10.2 Å². The number of amides is 1. The molecular formula is C15H21N3O2. The summed E-state index contributed by atoms with van der Waals surface area (Å²) in [6.07, 6.45) is 0.852. The number of ketones is 1. The van der Waals surface area contributed by atoms with E-state index in [9.17, 15) is 9.59 Å². The van der Waals surface area contributed by atoms with E-state index in [-0.39, 0.29) is 5.78 Å². The van der Waals surface area contributed by atoms with E-state index in [2.05, 4.69) is 17.3 Å². The SMILES string of the molecule is CC(=O)c1ccc(N(C=O)CC2CNCCN2C)cc1. The molecule has 5 heteroatoms. The number of benzene rings is 1. The van der Waals surface area contributed by atoms with Gasteiger partial charge in [0.1, 0.15) is 0 Å². The van der Waals surface area contributed by atoms with Crippen LogP contribution in [0.15, 0.2) is 24.3 Å². The summed E-state index contributed by atoms with van der Waals surface area (Å²) in [5.74, 6) is 0.0328. The van der Waals surface area contributed by atoms with E-state index in [0.717, 1.165) is 31.7 Å². The smallest absolute Gasteiger partial charge is 0.214 e. The lowest BCUT2D eigenvalue weighted by atomic mass is 10.1. The molecule has 108 valence electrons. The van der Waals surface area contributed by atoms with Crippen LogP contribution in [-0.4, -0.2) is 56.4 Å². The quantitative estimate of drug-likeness (QED) is 0.636. The van der Waals surface area contributed by atoms with Crippen molar-refractivity contribution in [2.24, 2.45) is 0 Å². The molecule has 1 atom stereocenters. The second kappa shape index (κ2) is 6.63. The van der Waals surface area contributed by atoms with Gasteiger partial charge in [-0.05, 0) is 38.2 Å². The first-order chi connectivity index (χ1) is 9.61. The van der Waals surface area contributed by atoms with E-state index in [1.54, 1.807) is 17.0 Å². The molecule has 5 nitrogen and oxygen atoms in total. The van der Waals surface area contributed by atoms with Crippen LogP contribution in [0.25, 0.3) is 0 Å². The van der Waals surface area contributed by atoms with Crippen molar-refractivity contribution >= 4 is 17.9 Å². The molecule has 2 rings (SSSR count). The summed E-state index contributed by atoms with van der Waals surface area (Å²) in [6, 6.07) is 7.47. The lowest BCUT2D eigenvalue weighted by molar-refractivity contribution is -0.107. The highest BCUT2D eigenvalue weighted by Crippen LogP contribution is 2.16. The summed E-state index contributed by atoms with van der Waals surface area (Å²) in [6.45, 7) is 5.04. The molecule has 1 N–H and O–H groups in total. The zero-order chi connectivity index (χ0) is 14.5. The Hall–Kier alpha value is -1.72. The Balaban J connectivity index is 2.07. The van der Waals surface area contributed by atoms with E-state index in [1.807, 2.05) is 12.1 Å². The third-order valence-corrected chi connectivity index (χ3v) is 3.78. The first kappa shape index (κ1) is 14.7. The molecule has 1 aliphatic heterocycles. The molecule has 1 aliphatic rings. The molecule has 20 heavy (non-hydrogen) atoms. The van der Waals surface area contributed by atoms with E-state index >= 15 is 0 Å². The molecule has 0 saturated carbocycles. The highest BCUT2D eigenvalue weighted by Gasteiger charge is 2.21. The van der Waals surface area contributed by atoms with Gasteiger partial charge in [0, 0.05) is 43.5 Å². The van der Waals surface area contributed by atoms with Gasteiger partial charge in [0.05, 0.1) is 0 Å². The number of carbonyl (C=O) groups is 2. The lowest BCUT2D eigenvalue weighted by Crippen LogP contribution is -2.54. The predicted octanol–water partition coefficient (Wildman–Crippen LogP) is 0.756. The van der Waals surface area contributed by atoms with Crippen molar-refractivity contribution in [2.45, 2.75) is 13.0 Å². The molecule has 0 bridgehead atoms. The Bertz CT molecular complexity index is 473. The standard InChI is InChI=1S/C15H21N3O2/c1-12(20)13-3-5-14(6-4-13)18(11-19)10-15-9-16-7-8-17(15)2/h3-6,11,15-16H,7-10H2,1-2H3. The molecular weight excluding hydrogens is 254 g/mol. The van der Waals surface area contributed by atoms with Crippen molar-refractivity contribution in [2.75, 3.05) is 38.1 Å². The molecule has 1 heterocycles. The van der Waals surface area contributed by atoms with Gasteiger partial charge in [0.15, 0.2) is 5.78 Å². The second-order valence-electron chi connectivity index (χ2n) is 5.20. The van der Waals surface area contributed by atoms with Gasteiger partial charge >= 0.3 is 0 Å². The van der Waals surface area contributed by atoms with Crippen LogP contribution >= 0.6 is 0 Å². The fraction of sp³-hybridized carbons (Fsp3) is 0.467. The molecule has 1 aromatic carbocycles. The monoisotopic (exact) mass is 275 g/mol. The van der Waals surface area contributed by atoms with E-state index in [0.29, 0.717) is 18.2 Å². The Kier molecular flexibility index (Phi) is 4.87. The first-order valence-electron chi connectivity index (χ1n) is 6.85. The topological polar surface area (TPSA) is 52.7 Å². The second-order valence-corrected chi connectivity index (χ2v) is 5.20. The van der Waals surface area contributed by atoms with Crippen molar-refractivity contribution in [3.05, 3.63) is 29.8 Å². The minimum absolute atomic E-state index is 0.0328. The molecule has 0 aliphatic carbocycles. The summed E-state index contributed by atoms with van der Waals surface area (Å²) in [5, 5.41) is 3.34. The summed E-state index contributed by atoms with van der Waals surface area (Å²) < 4.78 is 0. The lowest BCUT2D eigenvalue weighted by Gasteiger charge is -2.35. The van der Waals surface area contributed by atoms with Crippen LogP contribution in [0.3, 0.4) is 0 Å². The Labute approximate surface area is 119 Å². The third-order valence-electron chi connectivity index (χ3n) is 3.78. The molecule has 0 spiro atoms. The minimum atomic E-state index is 0.0328. The van der Waals surface area contributed by atoms with Crippen molar-refractivity contribution in [3.8, 4) is 0 Å². The van der Waals surface area contributed by atoms with Gasteiger partial charge in [-0.1, -0.05) is 0 Å². The maximum Gasteiger partial charge on any atom is 0.214 e. The number of carbonyl (C=O) groups excluding carboxylic acids is 2. The van der Waals surface area contributed by atoms with Crippen LogP contribution in [0.2, 0.25) is 0 Å². The number of nitrogens with zero attached hydrogens (tertiary/aromatic N) is 2. The van der Waals surface area contributed by atoms with Crippen LogP contribution in [0.1, 0.15) is 17.3 Å². The highest BCUT2D eigenvalue weighted by atomic mass is 16.1. The number of Topliss-reactive ketones (excluding diaryl/α,β-unsaturated/α-hetero) is 1. The van der Waals surface area contributed by atoms with Crippen molar-refractivity contribution < 1.29 is 9.59 Å². The predicted molar refractivity (Wildman–Crippen MR) is 79.1 cm³/mol. The minimum Gasteiger partial charge on any atom is -0.314 e. The molecule has 1 amide bonds. The number of piperazine rings is 1. The molecule has 1 saturated heterocycles. The van der Waals surface area contributed by atoms with Gasteiger partial charge in [0.2, 0.25) is 6.41 Å². The molecule has 1 fully saturated rings. The largest absolute Gasteiger partial charge is 0.314 e. The Morgan fingerprint density at radius 3 is 2.70 bits per heavy atom. The van der Waals surface area contributed by atoms with Gasteiger partial charge in [-0.15, -0.1) is 0 Å². The van der Waals surface area contributed by atoms with E-state index in [1.165, 1.54) is 6.92 Å². The number of hydrogen-bond donors (Lipinski definition) is 1. The number of anilines is 1. The Morgan fingerprint density at radius 1 is 1.45 bits per heavy atom. The third kappa shape index (κ3) is 3.43. The van der Waals surface area contributed by atoms with Crippen molar-refractivity contribution in [3.63, 3.8) is 0 Å². The van der Waals surface area contributed by atoms with Gasteiger partial charge in [-0.3, -0.25) is 14.5 Å². The van der Waals surface area contributed by atoms with Crippen LogP contribution in [-0.2, 0) is 4.79 Å². The van der Waals surface area contributed by atoms with Crippen molar-refractivity contribution in [1.29, 1.82) is 0 Å².